The summed E-state index contributed by atoms with van der Waals surface area (Å²) >= 11 is 13.7. The van der Waals surface area contributed by atoms with Gasteiger partial charge in [0.15, 0.2) is 0 Å². The summed E-state index contributed by atoms with van der Waals surface area (Å²) < 4.78 is 3.24. The fraction of sp³-hybridized carbons (Fsp3) is 0. The van der Waals surface area contributed by atoms with Gasteiger partial charge in [0.25, 0.3) is 0 Å². The molecule has 0 N–H and O–H groups in total. The van der Waals surface area contributed by atoms with Gasteiger partial charge >= 0.3 is 0 Å². The maximum absolute atomic E-state index is 5.89. The van der Waals surface area contributed by atoms with E-state index in [1.165, 1.54) is 3.57 Å². The van der Waals surface area contributed by atoms with Crippen molar-refractivity contribution in [2.24, 2.45) is 0 Å². The first kappa shape index (κ1) is 9.54. The van der Waals surface area contributed by atoms with Crippen LogP contribution in [0.3, 0.4) is 0 Å². The van der Waals surface area contributed by atoms with Crippen LogP contribution < -0.4 is 0 Å². The largest absolute Gasteiger partial charge is 0.0819 e. The highest BCUT2D eigenvalue weighted by atomic mass is 127. The molecule has 0 unspecified atom stereocenters. The van der Waals surface area contributed by atoms with Crippen LogP contribution >= 0.6 is 72.7 Å². The summed E-state index contributed by atoms with van der Waals surface area (Å²) in [5, 5.41) is 0.793. The van der Waals surface area contributed by atoms with Gasteiger partial charge in [-0.2, -0.15) is 0 Å². The molecule has 1 aromatic rings. The molecule has 1 rings (SSSR count). The molecular formula is C6H2BrClI2. The van der Waals surface area contributed by atoms with E-state index in [4.69, 9.17) is 11.6 Å². The molecule has 0 fully saturated rings. The first-order valence-electron chi connectivity index (χ1n) is 2.41. The summed E-state index contributed by atoms with van der Waals surface area (Å²) in [5.74, 6) is 0. The highest BCUT2D eigenvalue weighted by Crippen LogP contribution is 2.29. The Balaban J connectivity index is 3.31. The molecule has 0 aliphatic rings. The van der Waals surface area contributed by atoms with Gasteiger partial charge in [-0.1, -0.05) is 11.6 Å². The molecule has 0 aliphatic heterocycles. The van der Waals surface area contributed by atoms with Crippen LogP contribution in [0.4, 0.5) is 0 Å². The fourth-order valence-electron chi connectivity index (χ4n) is 0.525. The van der Waals surface area contributed by atoms with Gasteiger partial charge < -0.3 is 0 Å². The molecule has 0 aliphatic carbocycles. The highest BCUT2D eigenvalue weighted by molar-refractivity contribution is 14.1. The third kappa shape index (κ3) is 2.22. The molecule has 0 heterocycles. The highest BCUT2D eigenvalue weighted by Gasteiger charge is 2.02. The summed E-state index contributed by atoms with van der Waals surface area (Å²) in [7, 11) is 0. The molecule has 4 heteroatoms. The molecule has 0 aromatic heterocycles. The first-order chi connectivity index (χ1) is 4.61. The van der Waals surface area contributed by atoms with Crippen LogP contribution in [-0.4, -0.2) is 0 Å². The number of benzene rings is 1. The molecule has 0 saturated heterocycles. The van der Waals surface area contributed by atoms with Crippen molar-refractivity contribution in [1.82, 2.24) is 0 Å². The van der Waals surface area contributed by atoms with Crippen molar-refractivity contribution in [3.05, 3.63) is 28.8 Å². The average molecular weight is 443 g/mol. The minimum atomic E-state index is 0.793. The summed E-state index contributed by atoms with van der Waals surface area (Å²) in [4.78, 5) is 0. The van der Waals surface area contributed by atoms with E-state index in [1.807, 2.05) is 12.1 Å². The Bertz CT molecular complexity index is 239. The number of halogens is 4. The van der Waals surface area contributed by atoms with Crippen molar-refractivity contribution in [3.8, 4) is 0 Å². The topological polar surface area (TPSA) is 0 Å². The van der Waals surface area contributed by atoms with E-state index < -0.39 is 0 Å². The fourth-order valence-corrected chi connectivity index (χ4v) is 3.74. The van der Waals surface area contributed by atoms with Gasteiger partial charge in [-0.05, 0) is 73.2 Å². The smallest absolute Gasteiger partial charge is 0.0682 e. The van der Waals surface area contributed by atoms with Crippen LogP contribution in [-0.2, 0) is 0 Å². The van der Waals surface area contributed by atoms with Crippen LogP contribution in [0.1, 0.15) is 0 Å². The Kier molecular flexibility index (Phi) is 3.73. The molecule has 1 aromatic carbocycles. The van der Waals surface area contributed by atoms with Crippen LogP contribution in [0.2, 0.25) is 5.02 Å². The predicted octanol–water partition coefficient (Wildman–Crippen LogP) is 4.31. The molecule has 10 heavy (non-hydrogen) atoms. The van der Waals surface area contributed by atoms with Gasteiger partial charge in [0.05, 0.1) is 5.02 Å². The minimum absolute atomic E-state index is 0.793. The zero-order chi connectivity index (χ0) is 7.72. The predicted molar refractivity (Wildman–Crippen MR) is 64.6 cm³/mol. The van der Waals surface area contributed by atoms with E-state index in [0.717, 1.165) is 13.1 Å². The second kappa shape index (κ2) is 3.91. The molecule has 0 spiro atoms. The van der Waals surface area contributed by atoms with E-state index in [2.05, 4.69) is 61.1 Å². The van der Waals surface area contributed by atoms with Crippen LogP contribution in [0.25, 0.3) is 0 Å². The number of rotatable bonds is 0. The van der Waals surface area contributed by atoms with Gasteiger partial charge in [0.2, 0.25) is 0 Å². The van der Waals surface area contributed by atoms with Crippen molar-refractivity contribution in [2.75, 3.05) is 0 Å². The maximum atomic E-state index is 5.89. The molecular weight excluding hydrogens is 441 g/mol. The van der Waals surface area contributed by atoms with Crippen molar-refractivity contribution in [2.45, 2.75) is 0 Å². The number of hydrogen-bond acceptors (Lipinski definition) is 0. The lowest BCUT2D eigenvalue weighted by atomic mass is 10.4. The molecule has 0 radical (unpaired) electrons. The lowest BCUT2D eigenvalue weighted by Gasteiger charge is -1.98. The quantitative estimate of drug-likeness (QED) is 0.319. The van der Waals surface area contributed by atoms with Gasteiger partial charge in [-0.15, -0.1) is 0 Å². The van der Waals surface area contributed by atoms with E-state index in [9.17, 15) is 0 Å². The maximum Gasteiger partial charge on any atom is 0.0682 e. The van der Waals surface area contributed by atoms with Crippen LogP contribution in [0.5, 0.6) is 0 Å². The molecule has 0 nitrogen and oxygen atoms in total. The Hall–Kier alpha value is 1.45. The molecule has 0 saturated carbocycles. The summed E-state index contributed by atoms with van der Waals surface area (Å²) in [6.45, 7) is 0. The number of hydrogen-bond donors (Lipinski definition) is 0. The summed E-state index contributed by atoms with van der Waals surface area (Å²) in [5.41, 5.74) is 0. The Labute approximate surface area is 100 Å². The minimum Gasteiger partial charge on any atom is -0.0819 e. The normalized spacial score (nSPS) is 10.0. The third-order valence-electron chi connectivity index (χ3n) is 0.949. The summed E-state index contributed by atoms with van der Waals surface area (Å²) in [6, 6.07) is 4.03. The Morgan fingerprint density at radius 1 is 1.30 bits per heavy atom. The van der Waals surface area contributed by atoms with E-state index >= 15 is 0 Å². The second-order valence-corrected chi connectivity index (χ2v) is 5.32. The summed E-state index contributed by atoms with van der Waals surface area (Å²) in [6.07, 6.45) is 0. The van der Waals surface area contributed by atoms with Crippen LogP contribution in [0, 0.1) is 7.14 Å². The van der Waals surface area contributed by atoms with Gasteiger partial charge in [0, 0.05) is 11.6 Å². The van der Waals surface area contributed by atoms with E-state index in [1.54, 1.807) is 0 Å². The standard InChI is InChI=1S/C6H2BrClI2/c7-4-1-3(9)2-5(10)6(4)8/h1-2H. The molecule has 0 amide bonds. The monoisotopic (exact) mass is 442 g/mol. The van der Waals surface area contributed by atoms with E-state index in [-0.39, 0.29) is 0 Å². The van der Waals surface area contributed by atoms with Crippen molar-refractivity contribution < 1.29 is 0 Å². The third-order valence-corrected chi connectivity index (χ3v) is 4.00. The van der Waals surface area contributed by atoms with Crippen molar-refractivity contribution in [3.63, 3.8) is 0 Å². The zero-order valence-electron chi connectivity index (χ0n) is 4.67. The van der Waals surface area contributed by atoms with Crippen LogP contribution in [0.15, 0.2) is 16.6 Å². The lowest BCUT2D eigenvalue weighted by Crippen LogP contribution is -1.78. The average Bonchev–Trinajstić information content (AvgIpc) is 1.82. The molecule has 0 bridgehead atoms. The Morgan fingerprint density at radius 2 is 1.90 bits per heavy atom. The van der Waals surface area contributed by atoms with Gasteiger partial charge in [-0.25, -0.2) is 0 Å². The van der Waals surface area contributed by atoms with Crippen molar-refractivity contribution >= 4 is 72.7 Å². The van der Waals surface area contributed by atoms with Gasteiger partial charge in [-0.3, -0.25) is 0 Å². The molecule has 0 atom stereocenters. The second-order valence-electron chi connectivity index (χ2n) is 1.68. The zero-order valence-corrected chi connectivity index (χ0v) is 11.3. The Morgan fingerprint density at radius 3 is 2.40 bits per heavy atom. The van der Waals surface area contributed by atoms with Crippen molar-refractivity contribution in [1.29, 1.82) is 0 Å². The lowest BCUT2D eigenvalue weighted by molar-refractivity contribution is 1.55. The molecule has 54 valence electrons. The SMILES string of the molecule is Clc1c(Br)cc(I)cc1I. The van der Waals surface area contributed by atoms with E-state index in [0.29, 0.717) is 0 Å². The van der Waals surface area contributed by atoms with Gasteiger partial charge in [0.1, 0.15) is 0 Å². The first-order valence-corrected chi connectivity index (χ1v) is 5.74.